The molecule has 0 saturated heterocycles. The van der Waals surface area contributed by atoms with Gasteiger partial charge in [0.2, 0.25) is 0 Å². The minimum atomic E-state index is -4.83. The molecule has 0 aromatic heterocycles. The zero-order valence-electron chi connectivity index (χ0n) is 10.3. The summed E-state index contributed by atoms with van der Waals surface area (Å²) in [5.41, 5.74) is -1.29. The molecule has 0 heterocycles. The van der Waals surface area contributed by atoms with E-state index in [0.717, 1.165) is 6.07 Å². The summed E-state index contributed by atoms with van der Waals surface area (Å²) in [5, 5.41) is 10.4. The highest BCUT2D eigenvalue weighted by Crippen LogP contribution is 2.37. The smallest absolute Gasteiger partial charge is 0.384 e. The van der Waals surface area contributed by atoms with E-state index in [1.807, 2.05) is 0 Å². The Morgan fingerprint density at radius 1 is 1.14 bits per heavy atom. The fourth-order valence-corrected chi connectivity index (χ4v) is 2.45. The van der Waals surface area contributed by atoms with Gasteiger partial charge in [-0.05, 0) is 39.7 Å². The van der Waals surface area contributed by atoms with E-state index in [-0.39, 0.29) is 16.1 Å². The molecule has 2 aromatic carbocycles. The summed E-state index contributed by atoms with van der Waals surface area (Å²) < 4.78 is 51.8. The fraction of sp³-hybridized carbons (Fsp3) is 0.143. The maximum Gasteiger partial charge on any atom is 0.419 e. The minimum Gasteiger partial charge on any atom is -0.384 e. The summed E-state index contributed by atoms with van der Waals surface area (Å²) in [6.45, 7) is 0. The Morgan fingerprint density at radius 2 is 1.81 bits per heavy atom. The molecule has 1 atom stereocenters. The van der Waals surface area contributed by atoms with E-state index in [1.165, 1.54) is 6.07 Å². The lowest BCUT2D eigenvalue weighted by molar-refractivity contribution is -0.140. The summed E-state index contributed by atoms with van der Waals surface area (Å²) in [6.07, 6.45) is -6.22. The highest BCUT2D eigenvalue weighted by atomic mass is 79.9. The van der Waals surface area contributed by atoms with Crippen LogP contribution >= 0.6 is 27.5 Å². The molecule has 0 radical (unpaired) electrons. The van der Waals surface area contributed by atoms with Gasteiger partial charge in [0, 0.05) is 10.0 Å². The molecule has 112 valence electrons. The van der Waals surface area contributed by atoms with Crippen LogP contribution in [0.5, 0.6) is 0 Å². The van der Waals surface area contributed by atoms with Gasteiger partial charge in [0.05, 0.1) is 10.6 Å². The standard InChI is InChI=1S/C14H8BrClF4O/c15-10-3-1-2-8(12(10)16)13(21)7-4-5-11(17)9(6-7)14(18,19)20/h1-6,13,21H. The molecule has 0 aliphatic rings. The number of rotatable bonds is 2. The van der Waals surface area contributed by atoms with Gasteiger partial charge in [0.15, 0.2) is 0 Å². The third-order valence-electron chi connectivity index (χ3n) is 2.89. The van der Waals surface area contributed by atoms with Gasteiger partial charge in [-0.15, -0.1) is 0 Å². The number of benzene rings is 2. The van der Waals surface area contributed by atoms with Crippen LogP contribution in [-0.2, 0) is 6.18 Å². The lowest BCUT2D eigenvalue weighted by atomic mass is 9.99. The van der Waals surface area contributed by atoms with Crippen molar-refractivity contribution in [2.24, 2.45) is 0 Å². The van der Waals surface area contributed by atoms with Crippen molar-refractivity contribution in [3.63, 3.8) is 0 Å². The van der Waals surface area contributed by atoms with E-state index < -0.39 is 23.7 Å². The second-order valence-corrected chi connectivity index (χ2v) is 5.51. The highest BCUT2D eigenvalue weighted by molar-refractivity contribution is 9.10. The average molecular weight is 384 g/mol. The van der Waals surface area contributed by atoms with Crippen molar-refractivity contribution in [1.29, 1.82) is 0 Å². The molecule has 1 nitrogen and oxygen atoms in total. The number of halogens is 6. The molecule has 0 amide bonds. The number of aliphatic hydroxyl groups is 1. The third kappa shape index (κ3) is 3.39. The third-order valence-corrected chi connectivity index (χ3v) is 4.20. The van der Waals surface area contributed by atoms with E-state index >= 15 is 0 Å². The number of hydrogen-bond donors (Lipinski definition) is 1. The summed E-state index contributed by atoms with van der Waals surface area (Å²) in [6, 6.07) is 7.04. The maximum absolute atomic E-state index is 13.2. The van der Waals surface area contributed by atoms with Gasteiger partial charge in [-0.25, -0.2) is 4.39 Å². The Morgan fingerprint density at radius 3 is 2.43 bits per heavy atom. The quantitative estimate of drug-likeness (QED) is 0.694. The number of aliphatic hydroxyl groups excluding tert-OH is 1. The van der Waals surface area contributed by atoms with Crippen molar-refractivity contribution in [1.82, 2.24) is 0 Å². The largest absolute Gasteiger partial charge is 0.419 e. The molecule has 1 N–H and O–H groups in total. The Kier molecular flexibility index (Phi) is 4.60. The second kappa shape index (κ2) is 5.94. The summed E-state index contributed by atoms with van der Waals surface area (Å²) in [5.74, 6) is -1.39. The molecule has 0 aliphatic heterocycles. The first-order valence-corrected chi connectivity index (χ1v) is 6.87. The Bertz CT molecular complexity index is 673. The van der Waals surface area contributed by atoms with Crippen LogP contribution in [0.2, 0.25) is 5.02 Å². The van der Waals surface area contributed by atoms with E-state index in [0.29, 0.717) is 16.6 Å². The van der Waals surface area contributed by atoms with Crippen LogP contribution in [0.25, 0.3) is 0 Å². The first-order chi connectivity index (χ1) is 9.71. The molecule has 0 saturated carbocycles. The van der Waals surface area contributed by atoms with Gasteiger partial charge < -0.3 is 5.11 Å². The van der Waals surface area contributed by atoms with E-state index in [1.54, 1.807) is 12.1 Å². The van der Waals surface area contributed by atoms with Gasteiger partial charge in [0.25, 0.3) is 0 Å². The van der Waals surface area contributed by atoms with Crippen LogP contribution in [0, 0.1) is 5.82 Å². The molecule has 1 unspecified atom stereocenters. The normalized spacial score (nSPS) is 13.3. The van der Waals surface area contributed by atoms with E-state index in [4.69, 9.17) is 11.6 Å². The van der Waals surface area contributed by atoms with Crippen molar-refractivity contribution in [3.05, 3.63) is 68.4 Å². The Labute approximate surface area is 131 Å². The molecule has 7 heteroatoms. The fourth-order valence-electron chi connectivity index (χ4n) is 1.84. The molecule has 2 aromatic rings. The van der Waals surface area contributed by atoms with Crippen molar-refractivity contribution in [2.45, 2.75) is 12.3 Å². The van der Waals surface area contributed by atoms with E-state index in [9.17, 15) is 22.7 Å². The van der Waals surface area contributed by atoms with Crippen molar-refractivity contribution < 1.29 is 22.7 Å². The second-order valence-electron chi connectivity index (χ2n) is 4.28. The molecular weight excluding hydrogens is 376 g/mol. The summed E-state index contributed by atoms with van der Waals surface area (Å²) >= 11 is 9.16. The Balaban J connectivity index is 2.49. The first-order valence-electron chi connectivity index (χ1n) is 5.70. The molecular formula is C14H8BrClF4O. The van der Waals surface area contributed by atoms with Crippen LogP contribution in [0.15, 0.2) is 40.9 Å². The van der Waals surface area contributed by atoms with Crippen molar-refractivity contribution in [2.75, 3.05) is 0 Å². The van der Waals surface area contributed by atoms with Gasteiger partial charge >= 0.3 is 6.18 Å². The first kappa shape index (κ1) is 16.3. The Hall–Kier alpha value is -1.11. The van der Waals surface area contributed by atoms with Gasteiger partial charge in [-0.3, -0.25) is 0 Å². The van der Waals surface area contributed by atoms with Gasteiger partial charge in [-0.2, -0.15) is 13.2 Å². The van der Waals surface area contributed by atoms with Crippen molar-refractivity contribution >= 4 is 27.5 Å². The van der Waals surface area contributed by atoms with Gasteiger partial charge in [-0.1, -0.05) is 29.8 Å². The van der Waals surface area contributed by atoms with Crippen LogP contribution in [0.3, 0.4) is 0 Å². The average Bonchev–Trinajstić information content (AvgIpc) is 2.40. The van der Waals surface area contributed by atoms with Crippen LogP contribution in [0.4, 0.5) is 17.6 Å². The van der Waals surface area contributed by atoms with Gasteiger partial charge in [0.1, 0.15) is 11.9 Å². The predicted molar refractivity (Wildman–Crippen MR) is 74.6 cm³/mol. The molecule has 21 heavy (non-hydrogen) atoms. The molecule has 0 spiro atoms. The number of hydrogen-bond acceptors (Lipinski definition) is 1. The minimum absolute atomic E-state index is 0.0938. The van der Waals surface area contributed by atoms with Crippen LogP contribution < -0.4 is 0 Å². The summed E-state index contributed by atoms with van der Waals surface area (Å²) in [7, 11) is 0. The van der Waals surface area contributed by atoms with Crippen molar-refractivity contribution in [3.8, 4) is 0 Å². The predicted octanol–water partition coefficient (Wildman–Crippen LogP) is 5.34. The monoisotopic (exact) mass is 382 g/mol. The number of alkyl halides is 3. The van der Waals surface area contributed by atoms with E-state index in [2.05, 4.69) is 15.9 Å². The van der Waals surface area contributed by atoms with Crippen LogP contribution in [0.1, 0.15) is 22.8 Å². The maximum atomic E-state index is 13.2. The zero-order chi connectivity index (χ0) is 15.8. The highest BCUT2D eigenvalue weighted by Gasteiger charge is 2.34. The molecule has 0 bridgehead atoms. The molecule has 2 rings (SSSR count). The topological polar surface area (TPSA) is 20.2 Å². The summed E-state index contributed by atoms with van der Waals surface area (Å²) in [4.78, 5) is 0. The lowest BCUT2D eigenvalue weighted by Crippen LogP contribution is -2.10. The molecule has 0 aliphatic carbocycles. The SMILES string of the molecule is OC(c1ccc(F)c(C(F)(F)F)c1)c1cccc(Br)c1Cl. The lowest BCUT2D eigenvalue weighted by Gasteiger charge is -2.16. The molecule has 0 fully saturated rings. The zero-order valence-corrected chi connectivity index (χ0v) is 12.6. The van der Waals surface area contributed by atoms with Crippen LogP contribution in [-0.4, -0.2) is 5.11 Å².